The molecule has 0 aromatic heterocycles. The van der Waals surface area contributed by atoms with Crippen LogP contribution >= 0.6 is 0 Å². The second-order valence-electron chi connectivity index (χ2n) is 3.47. The highest BCUT2D eigenvalue weighted by Gasteiger charge is 2.09. The molecule has 1 N–H and O–H groups in total. The highest BCUT2D eigenvalue weighted by molar-refractivity contribution is 5.71. The van der Waals surface area contributed by atoms with E-state index in [0.717, 1.165) is 5.56 Å². The van der Waals surface area contributed by atoms with Crippen molar-refractivity contribution in [2.75, 3.05) is 19.8 Å². The predicted molar refractivity (Wildman–Crippen MR) is 65.7 cm³/mol. The van der Waals surface area contributed by atoms with E-state index in [9.17, 15) is 4.79 Å². The number of hydrogen-bond acceptors (Lipinski definition) is 5. The first kappa shape index (κ1) is 14.3. The molecule has 0 saturated carbocycles. The zero-order valence-corrected chi connectivity index (χ0v) is 10.6. The van der Waals surface area contributed by atoms with E-state index >= 15 is 0 Å². The molecule has 0 atom stereocenters. The van der Waals surface area contributed by atoms with Gasteiger partial charge < -0.3 is 19.3 Å². The van der Waals surface area contributed by atoms with Crippen molar-refractivity contribution < 1.29 is 24.1 Å². The number of ether oxygens (including phenoxy) is 3. The monoisotopic (exact) mass is 254 g/mol. The predicted octanol–water partition coefficient (Wildman–Crippen LogP) is 1.52. The highest BCUT2D eigenvalue weighted by atomic mass is 16.6. The van der Waals surface area contributed by atoms with E-state index in [-0.39, 0.29) is 13.2 Å². The Balaban J connectivity index is 2.71. The molecule has 18 heavy (non-hydrogen) atoms. The second-order valence-corrected chi connectivity index (χ2v) is 3.47. The third kappa shape index (κ3) is 4.25. The third-order valence-electron chi connectivity index (χ3n) is 2.14. The van der Waals surface area contributed by atoms with Crippen molar-refractivity contribution in [2.45, 2.75) is 20.5 Å². The Bertz CT molecular complexity index is 389. The number of aliphatic hydroxyl groups excluding tert-OH is 1. The van der Waals surface area contributed by atoms with Crippen molar-refractivity contribution in [3.63, 3.8) is 0 Å². The minimum Gasteiger partial charge on any atom is -0.490 e. The van der Waals surface area contributed by atoms with Crippen LogP contribution in [0.2, 0.25) is 0 Å². The molecule has 0 aliphatic heterocycles. The van der Waals surface area contributed by atoms with E-state index in [0.29, 0.717) is 24.7 Å². The van der Waals surface area contributed by atoms with Crippen LogP contribution in [0.1, 0.15) is 19.4 Å². The topological polar surface area (TPSA) is 65.0 Å². The number of rotatable bonds is 7. The summed E-state index contributed by atoms with van der Waals surface area (Å²) >= 11 is 0. The molecular weight excluding hydrogens is 236 g/mol. The summed E-state index contributed by atoms with van der Waals surface area (Å²) in [5, 5.41) is 9.04. The van der Waals surface area contributed by atoms with Gasteiger partial charge in [0.25, 0.3) is 0 Å². The third-order valence-corrected chi connectivity index (χ3v) is 2.14. The lowest BCUT2D eigenvalue weighted by Crippen LogP contribution is -2.15. The molecule has 1 rings (SSSR count). The normalized spacial score (nSPS) is 9.94. The van der Waals surface area contributed by atoms with Crippen molar-refractivity contribution in [3.05, 3.63) is 23.8 Å². The Labute approximate surface area is 106 Å². The van der Waals surface area contributed by atoms with Gasteiger partial charge >= 0.3 is 5.97 Å². The second kappa shape index (κ2) is 7.55. The van der Waals surface area contributed by atoms with E-state index in [1.165, 1.54) is 0 Å². The van der Waals surface area contributed by atoms with Crippen LogP contribution in [-0.2, 0) is 16.1 Å². The molecule has 0 heterocycles. The lowest BCUT2D eigenvalue weighted by Gasteiger charge is -2.12. The minimum absolute atomic E-state index is 0.0712. The molecule has 5 heteroatoms. The van der Waals surface area contributed by atoms with Crippen LogP contribution < -0.4 is 9.47 Å². The average molecular weight is 254 g/mol. The Hall–Kier alpha value is -1.75. The maximum atomic E-state index is 11.2. The molecule has 0 radical (unpaired) electrons. The van der Waals surface area contributed by atoms with Gasteiger partial charge in [0.2, 0.25) is 0 Å². The molecule has 0 spiro atoms. The van der Waals surface area contributed by atoms with Gasteiger partial charge in [0, 0.05) is 0 Å². The molecule has 0 amide bonds. The largest absolute Gasteiger partial charge is 0.490 e. The molecule has 100 valence electrons. The number of esters is 1. The van der Waals surface area contributed by atoms with Crippen molar-refractivity contribution >= 4 is 5.97 Å². The van der Waals surface area contributed by atoms with Gasteiger partial charge in [0.15, 0.2) is 18.1 Å². The standard InChI is InChI=1S/C13H18O5/c1-3-16-12-7-10(8-14)5-6-11(12)18-9-13(15)17-4-2/h5-7,14H,3-4,8-9H2,1-2H3. The van der Waals surface area contributed by atoms with Crippen LogP contribution in [0.5, 0.6) is 11.5 Å². The first-order valence-electron chi connectivity index (χ1n) is 5.86. The van der Waals surface area contributed by atoms with Gasteiger partial charge in [-0.3, -0.25) is 0 Å². The zero-order valence-electron chi connectivity index (χ0n) is 10.6. The summed E-state index contributed by atoms with van der Waals surface area (Å²) in [4.78, 5) is 11.2. The fourth-order valence-electron chi connectivity index (χ4n) is 1.38. The molecule has 0 bridgehead atoms. The number of benzene rings is 1. The molecule has 5 nitrogen and oxygen atoms in total. The van der Waals surface area contributed by atoms with Crippen LogP contribution in [0.3, 0.4) is 0 Å². The Morgan fingerprint density at radius 1 is 1.17 bits per heavy atom. The van der Waals surface area contributed by atoms with Crippen LogP contribution in [0, 0.1) is 0 Å². The van der Waals surface area contributed by atoms with E-state index in [1.807, 2.05) is 6.92 Å². The van der Waals surface area contributed by atoms with E-state index < -0.39 is 5.97 Å². The smallest absolute Gasteiger partial charge is 0.344 e. The van der Waals surface area contributed by atoms with Crippen molar-refractivity contribution in [3.8, 4) is 11.5 Å². The summed E-state index contributed by atoms with van der Waals surface area (Å²) in [6.07, 6.45) is 0. The molecule has 0 aliphatic carbocycles. The summed E-state index contributed by atoms with van der Waals surface area (Å²) in [6.45, 7) is 4.15. The maximum absolute atomic E-state index is 11.2. The van der Waals surface area contributed by atoms with Gasteiger partial charge in [-0.25, -0.2) is 4.79 Å². The Morgan fingerprint density at radius 2 is 1.94 bits per heavy atom. The fourth-order valence-corrected chi connectivity index (χ4v) is 1.38. The fraction of sp³-hybridized carbons (Fsp3) is 0.462. The van der Waals surface area contributed by atoms with Crippen molar-refractivity contribution in [2.24, 2.45) is 0 Å². The maximum Gasteiger partial charge on any atom is 0.344 e. The first-order valence-corrected chi connectivity index (χ1v) is 5.86. The van der Waals surface area contributed by atoms with E-state index in [1.54, 1.807) is 25.1 Å². The van der Waals surface area contributed by atoms with Gasteiger partial charge in [0.1, 0.15) is 0 Å². The van der Waals surface area contributed by atoms with E-state index in [4.69, 9.17) is 19.3 Å². The van der Waals surface area contributed by atoms with Crippen molar-refractivity contribution in [1.82, 2.24) is 0 Å². The SMILES string of the molecule is CCOC(=O)COc1ccc(CO)cc1OCC. The summed E-state index contributed by atoms with van der Waals surface area (Å²) < 4.78 is 15.5. The lowest BCUT2D eigenvalue weighted by atomic mass is 10.2. The number of carbonyl (C=O) groups excluding carboxylic acids is 1. The number of carbonyl (C=O) groups is 1. The number of aliphatic hydroxyl groups is 1. The summed E-state index contributed by atoms with van der Waals surface area (Å²) in [5.41, 5.74) is 0.724. The number of hydrogen-bond donors (Lipinski definition) is 1. The van der Waals surface area contributed by atoms with Crippen LogP contribution in [0.25, 0.3) is 0 Å². The minimum atomic E-state index is -0.425. The first-order chi connectivity index (χ1) is 8.71. The molecule has 1 aromatic rings. The quantitative estimate of drug-likeness (QED) is 0.747. The molecule has 0 aliphatic rings. The summed E-state index contributed by atoms with van der Waals surface area (Å²) in [6, 6.07) is 5.06. The summed E-state index contributed by atoms with van der Waals surface area (Å²) in [7, 11) is 0. The van der Waals surface area contributed by atoms with Crippen LogP contribution in [0.4, 0.5) is 0 Å². The van der Waals surface area contributed by atoms with Gasteiger partial charge in [-0.05, 0) is 31.5 Å². The van der Waals surface area contributed by atoms with Gasteiger partial charge in [0.05, 0.1) is 19.8 Å². The lowest BCUT2D eigenvalue weighted by molar-refractivity contribution is -0.145. The molecular formula is C13H18O5. The van der Waals surface area contributed by atoms with Gasteiger partial charge in [-0.2, -0.15) is 0 Å². The summed E-state index contributed by atoms with van der Waals surface area (Å²) in [5.74, 6) is 0.543. The molecule has 0 fully saturated rings. The molecule has 0 unspecified atom stereocenters. The Kier molecular flexibility index (Phi) is 6.00. The molecule has 0 saturated heterocycles. The van der Waals surface area contributed by atoms with E-state index in [2.05, 4.69) is 0 Å². The Morgan fingerprint density at radius 3 is 2.56 bits per heavy atom. The van der Waals surface area contributed by atoms with Gasteiger partial charge in [-0.15, -0.1) is 0 Å². The van der Waals surface area contributed by atoms with Gasteiger partial charge in [-0.1, -0.05) is 6.07 Å². The van der Waals surface area contributed by atoms with Crippen LogP contribution in [0.15, 0.2) is 18.2 Å². The molecule has 1 aromatic carbocycles. The zero-order chi connectivity index (χ0) is 13.4. The highest BCUT2D eigenvalue weighted by Crippen LogP contribution is 2.28. The van der Waals surface area contributed by atoms with Crippen LogP contribution in [-0.4, -0.2) is 30.9 Å². The average Bonchev–Trinajstić information content (AvgIpc) is 2.38. The van der Waals surface area contributed by atoms with Crippen molar-refractivity contribution in [1.29, 1.82) is 0 Å².